The van der Waals surface area contributed by atoms with Gasteiger partial charge in [0.25, 0.3) is 0 Å². The van der Waals surface area contributed by atoms with Crippen molar-refractivity contribution in [2.45, 2.75) is 32.6 Å². The number of likely N-dealkylation sites (N-methyl/N-ethyl adjacent to an activating group) is 1. The molecule has 7 heteroatoms. The van der Waals surface area contributed by atoms with E-state index < -0.39 is 11.9 Å². The molecular formula is C12H23N3O4. The summed E-state index contributed by atoms with van der Waals surface area (Å²) in [6.45, 7) is 2.33. The number of aliphatic carboxylic acids is 1. The zero-order valence-electron chi connectivity index (χ0n) is 11.5. The van der Waals surface area contributed by atoms with Gasteiger partial charge < -0.3 is 21.1 Å². The third-order valence-electron chi connectivity index (χ3n) is 2.91. The maximum Gasteiger partial charge on any atom is 0.317 e. The highest BCUT2D eigenvalue weighted by molar-refractivity contribution is 5.82. The predicted octanol–water partition coefficient (Wildman–Crippen LogP) is 0.394. The van der Waals surface area contributed by atoms with Crippen LogP contribution in [-0.2, 0) is 9.59 Å². The summed E-state index contributed by atoms with van der Waals surface area (Å²) in [6.07, 6.45) is 2.35. The number of nitrogens with one attached hydrogen (secondary N) is 1. The lowest BCUT2D eigenvalue weighted by Crippen LogP contribution is -2.42. The summed E-state index contributed by atoms with van der Waals surface area (Å²) in [7, 11) is 1.49. The first kappa shape index (κ1) is 17.2. The molecule has 0 radical (unpaired) electrons. The molecule has 0 fully saturated rings. The van der Waals surface area contributed by atoms with Crippen molar-refractivity contribution in [3.05, 3.63) is 0 Å². The van der Waals surface area contributed by atoms with E-state index in [4.69, 9.17) is 10.8 Å². The molecule has 0 saturated carbocycles. The Bertz CT molecular complexity index is 320. The molecule has 4 N–H and O–H groups in total. The van der Waals surface area contributed by atoms with Gasteiger partial charge in [-0.2, -0.15) is 0 Å². The van der Waals surface area contributed by atoms with E-state index >= 15 is 0 Å². The lowest BCUT2D eigenvalue weighted by atomic mass is 9.97. The van der Waals surface area contributed by atoms with Crippen molar-refractivity contribution in [2.24, 2.45) is 11.7 Å². The zero-order valence-corrected chi connectivity index (χ0v) is 11.5. The third-order valence-corrected chi connectivity index (χ3v) is 2.91. The van der Waals surface area contributed by atoms with Crippen LogP contribution in [-0.4, -0.2) is 48.1 Å². The Hall–Kier alpha value is -1.79. The highest BCUT2D eigenvalue weighted by Crippen LogP contribution is 2.14. The molecule has 0 aromatic heterocycles. The summed E-state index contributed by atoms with van der Waals surface area (Å²) in [4.78, 5) is 33.8. The molecule has 19 heavy (non-hydrogen) atoms. The Kier molecular flexibility index (Phi) is 8.32. The van der Waals surface area contributed by atoms with Crippen LogP contribution in [0.1, 0.15) is 32.6 Å². The van der Waals surface area contributed by atoms with Crippen LogP contribution in [0, 0.1) is 5.92 Å². The van der Waals surface area contributed by atoms with Crippen LogP contribution in [0.25, 0.3) is 0 Å². The number of nitrogens with zero attached hydrogens (tertiary/aromatic N) is 1. The number of carbonyl (C=O) groups is 3. The summed E-state index contributed by atoms with van der Waals surface area (Å²) < 4.78 is 0. The first-order valence-corrected chi connectivity index (χ1v) is 6.35. The van der Waals surface area contributed by atoms with E-state index in [-0.39, 0.29) is 24.9 Å². The summed E-state index contributed by atoms with van der Waals surface area (Å²) in [6, 6.07) is -0.355. The average Bonchev–Trinajstić information content (AvgIpc) is 2.31. The number of hydrogen-bond donors (Lipinski definition) is 3. The molecule has 0 aromatic rings. The number of carbonyl (C=O) groups excluding carboxylic acids is 2. The molecule has 7 nitrogen and oxygen atoms in total. The van der Waals surface area contributed by atoms with Gasteiger partial charge in [-0.05, 0) is 18.8 Å². The van der Waals surface area contributed by atoms with Crippen LogP contribution in [0.4, 0.5) is 4.79 Å². The standard InChI is InChI=1S/C12H23N3O4/c1-3-9(4-5-11(17)18)6-7-14-12(19)15(2)8-10(13)16/h9H,3-8H2,1-2H3,(H2,13,16)(H,14,19)(H,17,18). The monoisotopic (exact) mass is 273 g/mol. The first-order chi connectivity index (χ1) is 8.86. The Morgan fingerprint density at radius 1 is 1.32 bits per heavy atom. The van der Waals surface area contributed by atoms with Crippen molar-refractivity contribution in [1.82, 2.24) is 10.2 Å². The van der Waals surface area contributed by atoms with Gasteiger partial charge in [-0.15, -0.1) is 0 Å². The molecule has 1 unspecified atom stereocenters. The second kappa shape index (κ2) is 9.18. The van der Waals surface area contributed by atoms with E-state index in [9.17, 15) is 14.4 Å². The Morgan fingerprint density at radius 2 is 1.95 bits per heavy atom. The second-order valence-electron chi connectivity index (χ2n) is 4.55. The minimum Gasteiger partial charge on any atom is -0.481 e. The van der Waals surface area contributed by atoms with E-state index in [0.717, 1.165) is 12.8 Å². The molecule has 0 bridgehead atoms. The van der Waals surface area contributed by atoms with Crippen LogP contribution in [0.3, 0.4) is 0 Å². The van der Waals surface area contributed by atoms with Crippen LogP contribution in [0.5, 0.6) is 0 Å². The lowest BCUT2D eigenvalue weighted by Gasteiger charge is -2.18. The molecule has 1 atom stereocenters. The van der Waals surface area contributed by atoms with Crippen LogP contribution >= 0.6 is 0 Å². The van der Waals surface area contributed by atoms with Crippen LogP contribution in [0.2, 0.25) is 0 Å². The van der Waals surface area contributed by atoms with Gasteiger partial charge >= 0.3 is 12.0 Å². The number of hydrogen-bond acceptors (Lipinski definition) is 3. The van der Waals surface area contributed by atoms with E-state index in [2.05, 4.69) is 5.32 Å². The molecule has 3 amide bonds. The lowest BCUT2D eigenvalue weighted by molar-refractivity contribution is -0.137. The SMILES string of the molecule is CCC(CCNC(=O)N(C)CC(N)=O)CCC(=O)O. The van der Waals surface area contributed by atoms with Gasteiger partial charge in [-0.25, -0.2) is 4.79 Å². The first-order valence-electron chi connectivity index (χ1n) is 6.35. The highest BCUT2D eigenvalue weighted by atomic mass is 16.4. The number of nitrogens with two attached hydrogens (primary N) is 1. The molecule has 0 heterocycles. The number of primary amides is 1. The Balaban J connectivity index is 3.89. The van der Waals surface area contributed by atoms with Crippen LogP contribution < -0.4 is 11.1 Å². The van der Waals surface area contributed by atoms with Crippen molar-refractivity contribution in [2.75, 3.05) is 20.1 Å². The molecule has 0 aliphatic carbocycles. The van der Waals surface area contributed by atoms with Gasteiger partial charge in [0.1, 0.15) is 6.54 Å². The fourth-order valence-corrected chi connectivity index (χ4v) is 1.70. The number of rotatable bonds is 9. The number of urea groups is 1. The molecule has 0 aromatic carbocycles. The van der Waals surface area contributed by atoms with Crippen molar-refractivity contribution >= 4 is 17.9 Å². The molecule has 0 rings (SSSR count). The molecule has 0 spiro atoms. The fraction of sp³-hybridized carbons (Fsp3) is 0.750. The van der Waals surface area contributed by atoms with Crippen molar-refractivity contribution in [3.63, 3.8) is 0 Å². The smallest absolute Gasteiger partial charge is 0.317 e. The minimum atomic E-state index is -0.802. The maximum absolute atomic E-state index is 11.5. The molecule has 0 aliphatic heterocycles. The summed E-state index contributed by atoms with van der Waals surface area (Å²) in [5.41, 5.74) is 4.98. The van der Waals surface area contributed by atoms with Gasteiger partial charge in [0.15, 0.2) is 0 Å². The van der Waals surface area contributed by atoms with E-state index in [1.807, 2.05) is 6.92 Å². The second-order valence-corrected chi connectivity index (χ2v) is 4.55. The van der Waals surface area contributed by atoms with Gasteiger partial charge in [-0.1, -0.05) is 13.3 Å². The Labute approximate surface area is 113 Å². The van der Waals surface area contributed by atoms with Crippen molar-refractivity contribution in [3.8, 4) is 0 Å². The largest absolute Gasteiger partial charge is 0.481 e. The fourth-order valence-electron chi connectivity index (χ4n) is 1.70. The Morgan fingerprint density at radius 3 is 2.42 bits per heavy atom. The van der Waals surface area contributed by atoms with Crippen molar-refractivity contribution < 1.29 is 19.5 Å². The van der Waals surface area contributed by atoms with Gasteiger partial charge in [0.05, 0.1) is 0 Å². The van der Waals surface area contributed by atoms with E-state index in [0.29, 0.717) is 13.0 Å². The minimum absolute atomic E-state index is 0.123. The molecular weight excluding hydrogens is 250 g/mol. The van der Waals surface area contributed by atoms with Gasteiger partial charge in [0, 0.05) is 20.0 Å². The molecule has 0 saturated heterocycles. The zero-order chi connectivity index (χ0) is 14.8. The topological polar surface area (TPSA) is 113 Å². The molecule has 0 aliphatic rings. The van der Waals surface area contributed by atoms with E-state index in [1.54, 1.807) is 0 Å². The number of carboxylic acids is 1. The summed E-state index contributed by atoms with van der Waals surface area (Å²) >= 11 is 0. The maximum atomic E-state index is 11.5. The molecule has 110 valence electrons. The van der Waals surface area contributed by atoms with Gasteiger partial charge in [-0.3, -0.25) is 9.59 Å². The number of amides is 3. The number of carboxylic acid groups (broad SMARTS) is 1. The third kappa shape index (κ3) is 8.87. The average molecular weight is 273 g/mol. The van der Waals surface area contributed by atoms with Gasteiger partial charge in [0.2, 0.25) is 5.91 Å². The highest BCUT2D eigenvalue weighted by Gasteiger charge is 2.12. The normalized spacial score (nSPS) is 11.7. The van der Waals surface area contributed by atoms with Crippen LogP contribution in [0.15, 0.2) is 0 Å². The van der Waals surface area contributed by atoms with Crippen molar-refractivity contribution in [1.29, 1.82) is 0 Å². The summed E-state index contributed by atoms with van der Waals surface area (Å²) in [5.74, 6) is -1.09. The predicted molar refractivity (Wildman–Crippen MR) is 70.5 cm³/mol. The van der Waals surface area contributed by atoms with E-state index in [1.165, 1.54) is 11.9 Å². The summed E-state index contributed by atoms with van der Waals surface area (Å²) in [5, 5.41) is 11.3. The quantitative estimate of drug-likeness (QED) is 0.564.